The van der Waals surface area contributed by atoms with Crippen molar-refractivity contribution < 1.29 is 4.79 Å². The first-order chi connectivity index (χ1) is 7.36. The summed E-state index contributed by atoms with van der Waals surface area (Å²) in [7, 11) is 0. The Hall–Kier alpha value is -0.830. The molecule has 3 heteroatoms. The summed E-state index contributed by atoms with van der Waals surface area (Å²) < 4.78 is 0. The second-order valence-electron chi connectivity index (χ2n) is 3.39. The average molecular weight is 222 g/mol. The monoisotopic (exact) mass is 222 g/mol. The Bertz CT molecular complexity index is 301. The lowest BCUT2D eigenvalue weighted by Gasteiger charge is -2.01. The third-order valence-electron chi connectivity index (χ3n) is 2.10. The lowest BCUT2D eigenvalue weighted by atomic mass is 10.2. The van der Waals surface area contributed by atoms with Crippen molar-refractivity contribution in [3.63, 3.8) is 0 Å². The summed E-state index contributed by atoms with van der Waals surface area (Å²) in [5, 5.41) is 0. The Morgan fingerprint density at radius 2 is 2.27 bits per heavy atom. The summed E-state index contributed by atoms with van der Waals surface area (Å²) in [6.07, 6.45) is 8.57. The largest absolute Gasteiger partial charge is 0.283 e. The van der Waals surface area contributed by atoms with Gasteiger partial charge in [0.25, 0.3) is 6.29 Å². The molecule has 0 saturated carbocycles. The molecule has 0 bridgehead atoms. The van der Waals surface area contributed by atoms with Crippen molar-refractivity contribution in [1.82, 2.24) is 4.98 Å². The Morgan fingerprint density at radius 1 is 1.40 bits per heavy atom. The van der Waals surface area contributed by atoms with Crippen molar-refractivity contribution in [2.75, 3.05) is 5.75 Å². The fourth-order valence-electron chi connectivity index (χ4n) is 1.28. The minimum absolute atomic E-state index is 0.397. The summed E-state index contributed by atoms with van der Waals surface area (Å²) in [6, 6.07) is 3.73. The highest BCUT2D eigenvalue weighted by molar-refractivity contribution is 7.99. The van der Waals surface area contributed by atoms with Gasteiger partial charge in [-0.2, -0.15) is 0 Å². The molecule has 1 rings (SSSR count). The molecule has 0 amide bonds. The topological polar surface area (TPSA) is 30.0 Å². The van der Waals surface area contributed by atoms with Crippen LogP contribution in [0.3, 0.4) is 0 Å². The van der Waals surface area contributed by atoms with Gasteiger partial charge in [-0.15, -0.1) is 11.8 Å². The van der Waals surface area contributed by atoms with Gasteiger partial charge in [-0.3, -0.25) is 9.78 Å². The molecule has 2 nitrogen and oxygen atoms in total. The van der Waals surface area contributed by atoms with Gasteiger partial charge < -0.3 is 0 Å². The van der Waals surface area contributed by atoms with Crippen LogP contribution in [0.5, 0.6) is 0 Å². The van der Waals surface area contributed by atoms with E-state index in [0.29, 0.717) is 5.69 Å². The molecule has 1 aromatic rings. The molecule has 0 fully saturated rings. The molecular formula is C12H16NOS. The van der Waals surface area contributed by atoms with Crippen molar-refractivity contribution >= 4 is 18.0 Å². The third kappa shape index (κ3) is 4.98. The number of thioether (sulfide) groups is 1. The van der Waals surface area contributed by atoms with E-state index in [9.17, 15) is 4.79 Å². The zero-order valence-electron chi connectivity index (χ0n) is 9.03. The van der Waals surface area contributed by atoms with E-state index in [1.165, 1.54) is 25.7 Å². The maximum atomic E-state index is 10.4. The SMILES string of the molecule is CCCCCCSc1ccnc([C]=O)c1. The fraction of sp³-hybridized carbons (Fsp3) is 0.500. The van der Waals surface area contributed by atoms with Crippen LogP contribution in [0.2, 0.25) is 0 Å². The highest BCUT2D eigenvalue weighted by Gasteiger charge is 1.97. The van der Waals surface area contributed by atoms with Crippen LogP contribution in [0.25, 0.3) is 0 Å². The minimum atomic E-state index is 0.397. The van der Waals surface area contributed by atoms with Gasteiger partial charge >= 0.3 is 0 Å². The van der Waals surface area contributed by atoms with Gasteiger partial charge in [-0.25, -0.2) is 0 Å². The first-order valence-corrected chi connectivity index (χ1v) is 6.32. The molecular weight excluding hydrogens is 206 g/mol. The number of carbonyl (C=O) groups excluding carboxylic acids is 1. The molecule has 1 radical (unpaired) electrons. The molecule has 0 aliphatic carbocycles. The van der Waals surface area contributed by atoms with Crippen LogP contribution in [0, 0.1) is 0 Å². The first-order valence-electron chi connectivity index (χ1n) is 5.34. The number of rotatable bonds is 7. The lowest BCUT2D eigenvalue weighted by molar-refractivity contribution is 0.561. The predicted octanol–water partition coefficient (Wildman–Crippen LogP) is 3.21. The highest BCUT2D eigenvalue weighted by Crippen LogP contribution is 2.19. The summed E-state index contributed by atoms with van der Waals surface area (Å²) in [4.78, 5) is 15.4. The zero-order valence-corrected chi connectivity index (χ0v) is 9.85. The van der Waals surface area contributed by atoms with Crippen LogP contribution >= 0.6 is 11.8 Å². The molecule has 0 aliphatic heterocycles. The van der Waals surface area contributed by atoms with E-state index >= 15 is 0 Å². The van der Waals surface area contributed by atoms with Gasteiger partial charge in [-0.1, -0.05) is 26.2 Å². The summed E-state index contributed by atoms with van der Waals surface area (Å²) in [5.41, 5.74) is 0.397. The van der Waals surface area contributed by atoms with E-state index in [-0.39, 0.29) is 0 Å². The van der Waals surface area contributed by atoms with Crippen LogP contribution in [0.4, 0.5) is 0 Å². The number of hydrogen-bond acceptors (Lipinski definition) is 3. The number of hydrogen-bond donors (Lipinski definition) is 0. The fourth-order valence-corrected chi connectivity index (χ4v) is 2.21. The van der Waals surface area contributed by atoms with Crippen LogP contribution in [-0.2, 0) is 4.79 Å². The van der Waals surface area contributed by atoms with Gasteiger partial charge in [0, 0.05) is 11.1 Å². The normalized spacial score (nSPS) is 10.2. The van der Waals surface area contributed by atoms with Crippen molar-refractivity contribution in [3.8, 4) is 0 Å². The van der Waals surface area contributed by atoms with Crippen LogP contribution in [-0.4, -0.2) is 17.0 Å². The van der Waals surface area contributed by atoms with Crippen LogP contribution in [0.1, 0.15) is 38.3 Å². The molecule has 0 spiro atoms. The van der Waals surface area contributed by atoms with Gasteiger partial charge in [0.1, 0.15) is 5.69 Å². The van der Waals surface area contributed by atoms with E-state index in [4.69, 9.17) is 0 Å². The second kappa shape index (κ2) is 7.46. The minimum Gasteiger partial charge on any atom is -0.283 e. The Balaban J connectivity index is 2.27. The highest BCUT2D eigenvalue weighted by atomic mass is 32.2. The van der Waals surface area contributed by atoms with Crippen molar-refractivity contribution in [1.29, 1.82) is 0 Å². The number of aromatic nitrogens is 1. The quantitative estimate of drug-likeness (QED) is 0.524. The number of pyridine rings is 1. The van der Waals surface area contributed by atoms with E-state index < -0.39 is 0 Å². The van der Waals surface area contributed by atoms with Gasteiger partial charge in [0.05, 0.1) is 0 Å². The van der Waals surface area contributed by atoms with E-state index in [1.807, 2.05) is 6.07 Å². The maximum Gasteiger partial charge on any atom is 0.253 e. The van der Waals surface area contributed by atoms with Gasteiger partial charge in [0.2, 0.25) is 0 Å². The third-order valence-corrected chi connectivity index (χ3v) is 3.18. The molecule has 0 aliphatic rings. The summed E-state index contributed by atoms with van der Waals surface area (Å²) in [6.45, 7) is 2.21. The van der Waals surface area contributed by atoms with Gasteiger partial charge in [0.15, 0.2) is 0 Å². The summed E-state index contributed by atoms with van der Waals surface area (Å²) in [5.74, 6) is 1.11. The Kier molecular flexibility index (Phi) is 6.09. The lowest BCUT2D eigenvalue weighted by Crippen LogP contribution is -1.87. The van der Waals surface area contributed by atoms with E-state index in [0.717, 1.165) is 10.6 Å². The van der Waals surface area contributed by atoms with E-state index in [1.54, 1.807) is 30.3 Å². The smallest absolute Gasteiger partial charge is 0.253 e. The van der Waals surface area contributed by atoms with Gasteiger partial charge in [-0.05, 0) is 24.3 Å². The predicted molar refractivity (Wildman–Crippen MR) is 63.9 cm³/mol. The molecule has 1 heterocycles. The molecule has 1 aromatic heterocycles. The molecule has 81 valence electrons. The Morgan fingerprint density at radius 3 is 3.00 bits per heavy atom. The maximum absolute atomic E-state index is 10.4. The molecule has 0 N–H and O–H groups in total. The number of nitrogens with zero attached hydrogens (tertiary/aromatic N) is 1. The molecule has 0 unspecified atom stereocenters. The molecule has 15 heavy (non-hydrogen) atoms. The molecule has 0 saturated heterocycles. The van der Waals surface area contributed by atoms with Crippen molar-refractivity contribution in [3.05, 3.63) is 24.0 Å². The zero-order chi connectivity index (χ0) is 10.9. The molecule has 0 aromatic carbocycles. The second-order valence-corrected chi connectivity index (χ2v) is 4.56. The first kappa shape index (κ1) is 12.2. The standard InChI is InChI=1S/C12H16NOS/c1-2-3-4-5-8-15-12-6-7-13-11(9-12)10-14/h6-7,9H,2-5,8H2,1H3. The van der Waals surface area contributed by atoms with Crippen molar-refractivity contribution in [2.45, 2.75) is 37.5 Å². The average Bonchev–Trinajstić information content (AvgIpc) is 2.29. The van der Waals surface area contributed by atoms with Crippen LogP contribution < -0.4 is 0 Å². The summed E-state index contributed by atoms with van der Waals surface area (Å²) >= 11 is 1.78. The molecule has 0 atom stereocenters. The van der Waals surface area contributed by atoms with Crippen LogP contribution in [0.15, 0.2) is 23.2 Å². The Labute approximate surface area is 95.5 Å². The number of unbranched alkanes of at least 4 members (excludes halogenated alkanes) is 3. The van der Waals surface area contributed by atoms with E-state index in [2.05, 4.69) is 11.9 Å². The van der Waals surface area contributed by atoms with Crippen molar-refractivity contribution in [2.24, 2.45) is 0 Å².